The zero-order valence-corrected chi connectivity index (χ0v) is 27.1. The molecule has 3 atom stereocenters. The lowest BCUT2D eigenvalue weighted by Crippen LogP contribution is -2.50. The minimum atomic E-state index is -0.803. The van der Waals surface area contributed by atoms with Crippen LogP contribution in [0.4, 0.5) is 9.59 Å². The van der Waals surface area contributed by atoms with Crippen LogP contribution in [-0.2, 0) is 37.1 Å². The first kappa shape index (κ1) is 36.1. The summed E-state index contributed by atoms with van der Waals surface area (Å²) in [5, 5.41) is 18.4. The van der Waals surface area contributed by atoms with E-state index in [-0.39, 0.29) is 44.5 Å². The van der Waals surface area contributed by atoms with Crippen LogP contribution in [0.3, 0.4) is 0 Å². The summed E-state index contributed by atoms with van der Waals surface area (Å²) in [4.78, 5) is 64.7. The molecule has 0 spiro atoms. The first-order valence-corrected chi connectivity index (χ1v) is 16.2. The number of benzene rings is 3. The van der Waals surface area contributed by atoms with Gasteiger partial charge in [0.25, 0.3) is 0 Å². The third kappa shape index (κ3) is 12.1. The Morgan fingerprint density at radius 2 is 1.43 bits per heavy atom. The van der Waals surface area contributed by atoms with Gasteiger partial charge in [0.15, 0.2) is 5.96 Å². The highest BCUT2D eigenvalue weighted by Crippen LogP contribution is 2.24. The number of likely N-dealkylation sites (tertiary alicyclic amines) is 1. The Hall–Kier alpha value is -5.72. The van der Waals surface area contributed by atoms with Gasteiger partial charge in [-0.2, -0.15) is 0 Å². The van der Waals surface area contributed by atoms with E-state index in [1.165, 1.54) is 4.90 Å². The average Bonchev–Trinajstić information content (AvgIpc) is 3.63. The molecule has 13 heteroatoms. The summed E-state index contributed by atoms with van der Waals surface area (Å²) < 4.78 is 10.5. The molecule has 1 heterocycles. The molecule has 3 aromatic carbocycles. The van der Waals surface area contributed by atoms with E-state index in [9.17, 15) is 24.0 Å². The molecule has 13 nitrogen and oxygen atoms in total. The SMILES string of the molecule is N=C(NCCC[C@@H](C=O)NC(=O)[C@@H]1CCCN1C(=O)CC(NC(=O)OCc1ccccc1)c1ccccc1)NC(=O)OCc1ccccc1. The fourth-order valence-electron chi connectivity index (χ4n) is 5.37. The minimum absolute atomic E-state index is 0.0685. The van der Waals surface area contributed by atoms with E-state index in [0.29, 0.717) is 32.1 Å². The second kappa shape index (κ2) is 19.2. The van der Waals surface area contributed by atoms with E-state index in [1.807, 2.05) is 91.0 Å². The van der Waals surface area contributed by atoms with Gasteiger partial charge in [-0.15, -0.1) is 0 Å². The van der Waals surface area contributed by atoms with Crippen molar-refractivity contribution in [2.75, 3.05) is 13.1 Å². The lowest BCUT2D eigenvalue weighted by molar-refractivity contribution is -0.139. The van der Waals surface area contributed by atoms with E-state index in [1.54, 1.807) is 0 Å². The fraction of sp³-hybridized carbons (Fsp3) is 0.333. The molecule has 1 aliphatic rings. The van der Waals surface area contributed by atoms with Crippen LogP contribution >= 0.6 is 0 Å². The van der Waals surface area contributed by atoms with Gasteiger partial charge in [0, 0.05) is 13.1 Å². The quantitative estimate of drug-likeness (QED) is 0.0698. The monoisotopic (exact) mass is 670 g/mol. The molecule has 4 amide bonds. The molecule has 1 saturated heterocycles. The zero-order valence-electron chi connectivity index (χ0n) is 27.1. The van der Waals surface area contributed by atoms with Gasteiger partial charge in [0.05, 0.1) is 18.5 Å². The van der Waals surface area contributed by atoms with Crippen LogP contribution in [0.25, 0.3) is 0 Å². The Morgan fingerprint density at radius 1 is 0.837 bits per heavy atom. The highest BCUT2D eigenvalue weighted by Gasteiger charge is 2.36. The van der Waals surface area contributed by atoms with Crippen molar-refractivity contribution in [1.82, 2.24) is 26.2 Å². The van der Waals surface area contributed by atoms with Crippen LogP contribution in [0.2, 0.25) is 0 Å². The van der Waals surface area contributed by atoms with Crippen molar-refractivity contribution >= 4 is 36.2 Å². The number of rotatable bonds is 15. The van der Waals surface area contributed by atoms with Crippen molar-refractivity contribution in [3.8, 4) is 0 Å². The summed E-state index contributed by atoms with van der Waals surface area (Å²) in [6.45, 7) is 0.774. The van der Waals surface area contributed by atoms with E-state index in [0.717, 1.165) is 16.7 Å². The van der Waals surface area contributed by atoms with Crippen LogP contribution in [0.1, 0.15) is 54.8 Å². The molecular weight excluding hydrogens is 628 g/mol. The number of hydrogen-bond donors (Lipinski definition) is 5. The van der Waals surface area contributed by atoms with E-state index < -0.39 is 36.2 Å². The molecule has 3 aromatic rings. The summed E-state index contributed by atoms with van der Waals surface area (Å²) in [6, 6.07) is 25.2. The van der Waals surface area contributed by atoms with Gasteiger partial charge in [-0.25, -0.2) is 9.59 Å². The molecule has 5 N–H and O–H groups in total. The van der Waals surface area contributed by atoms with Gasteiger partial charge >= 0.3 is 12.2 Å². The maximum absolute atomic E-state index is 13.5. The number of ether oxygens (including phenoxy) is 2. The van der Waals surface area contributed by atoms with Crippen molar-refractivity contribution in [2.45, 2.75) is 63.4 Å². The van der Waals surface area contributed by atoms with Gasteiger partial charge in [-0.05, 0) is 42.4 Å². The first-order chi connectivity index (χ1) is 23.8. The molecular formula is C36H42N6O7. The Morgan fingerprint density at radius 3 is 2.04 bits per heavy atom. The maximum Gasteiger partial charge on any atom is 0.414 e. The lowest BCUT2D eigenvalue weighted by atomic mass is 10.0. The molecule has 1 fully saturated rings. The number of hydrogen-bond acceptors (Lipinski definition) is 8. The van der Waals surface area contributed by atoms with Crippen LogP contribution in [-0.4, -0.2) is 66.3 Å². The molecule has 0 bridgehead atoms. The van der Waals surface area contributed by atoms with Crippen molar-refractivity contribution in [1.29, 1.82) is 5.41 Å². The highest BCUT2D eigenvalue weighted by molar-refractivity contribution is 5.92. The third-order valence-electron chi connectivity index (χ3n) is 7.89. The molecule has 258 valence electrons. The Balaban J connectivity index is 1.22. The smallest absolute Gasteiger partial charge is 0.414 e. The van der Waals surface area contributed by atoms with Gasteiger partial charge in [-0.1, -0.05) is 91.0 Å². The summed E-state index contributed by atoms with van der Waals surface area (Å²) in [7, 11) is 0. The van der Waals surface area contributed by atoms with Crippen molar-refractivity contribution in [3.63, 3.8) is 0 Å². The van der Waals surface area contributed by atoms with Crippen molar-refractivity contribution in [3.05, 3.63) is 108 Å². The van der Waals surface area contributed by atoms with Crippen LogP contribution < -0.4 is 21.3 Å². The highest BCUT2D eigenvalue weighted by atomic mass is 16.6. The Kier molecular flexibility index (Phi) is 14.1. The summed E-state index contributed by atoms with van der Waals surface area (Å²) >= 11 is 0. The van der Waals surface area contributed by atoms with Gasteiger partial charge in [0.1, 0.15) is 25.5 Å². The molecule has 0 aromatic heterocycles. The Bertz CT molecular complexity index is 1540. The van der Waals surface area contributed by atoms with Crippen LogP contribution in [0, 0.1) is 5.41 Å². The normalized spacial score (nSPS) is 14.9. The molecule has 49 heavy (non-hydrogen) atoms. The number of amides is 4. The van der Waals surface area contributed by atoms with Gasteiger partial charge in [-0.3, -0.25) is 20.3 Å². The van der Waals surface area contributed by atoms with Crippen molar-refractivity contribution < 1.29 is 33.4 Å². The predicted molar refractivity (Wildman–Crippen MR) is 181 cm³/mol. The van der Waals surface area contributed by atoms with E-state index >= 15 is 0 Å². The number of aldehydes is 1. The number of nitrogens with one attached hydrogen (secondary N) is 5. The predicted octanol–water partition coefficient (Wildman–Crippen LogP) is 3.95. The number of carbonyl (C=O) groups is 5. The summed E-state index contributed by atoms with van der Waals surface area (Å²) in [5.74, 6) is -0.995. The Labute approximate surface area is 285 Å². The summed E-state index contributed by atoms with van der Waals surface area (Å²) in [6.07, 6.45) is 0.852. The zero-order chi connectivity index (χ0) is 34.8. The molecule has 0 saturated carbocycles. The molecule has 4 rings (SSSR count). The van der Waals surface area contributed by atoms with Crippen molar-refractivity contribution in [2.24, 2.45) is 0 Å². The lowest BCUT2D eigenvalue weighted by Gasteiger charge is -2.27. The average molecular weight is 671 g/mol. The third-order valence-corrected chi connectivity index (χ3v) is 7.89. The number of carbonyl (C=O) groups excluding carboxylic acids is 5. The van der Waals surface area contributed by atoms with E-state index in [4.69, 9.17) is 14.9 Å². The van der Waals surface area contributed by atoms with Gasteiger partial charge in [0.2, 0.25) is 11.8 Å². The molecule has 0 aliphatic carbocycles. The maximum atomic E-state index is 13.5. The summed E-state index contributed by atoms with van der Waals surface area (Å²) in [5.41, 5.74) is 2.36. The molecule has 0 radical (unpaired) electrons. The second-order valence-electron chi connectivity index (χ2n) is 11.5. The second-order valence-corrected chi connectivity index (χ2v) is 11.5. The largest absolute Gasteiger partial charge is 0.445 e. The van der Waals surface area contributed by atoms with Crippen LogP contribution in [0.5, 0.6) is 0 Å². The fourth-order valence-corrected chi connectivity index (χ4v) is 5.37. The number of guanidine groups is 1. The molecule has 1 unspecified atom stereocenters. The standard InChI is InChI=1S/C36H42N6O7/c37-34(41-36(47)49-25-27-14-6-2-7-15-27)38-20-10-18-29(23-43)39-33(45)31-19-11-21-42(31)32(44)22-30(28-16-8-3-9-17-28)40-35(46)48-24-26-12-4-1-5-13-26/h1-9,12-17,23,29-31H,10-11,18-22,24-25H2,(H,39,45)(H,40,46)(H3,37,38,41,47)/t29-,30?,31-/m0/s1. The van der Waals surface area contributed by atoms with Crippen LogP contribution in [0.15, 0.2) is 91.0 Å². The molecule has 1 aliphatic heterocycles. The first-order valence-electron chi connectivity index (χ1n) is 16.2. The van der Waals surface area contributed by atoms with E-state index in [2.05, 4.69) is 21.3 Å². The topological polar surface area (TPSA) is 179 Å². The minimum Gasteiger partial charge on any atom is -0.445 e. The van der Waals surface area contributed by atoms with Gasteiger partial charge < -0.3 is 35.1 Å². The number of nitrogens with zero attached hydrogens (tertiary/aromatic N) is 1. The number of alkyl carbamates (subject to hydrolysis) is 2.